The fraction of sp³-hybridized carbons (Fsp3) is 0.333. The van der Waals surface area contributed by atoms with Crippen LogP contribution >= 0.6 is 0 Å². The molecule has 152 valence electrons. The number of aromatic nitrogens is 2. The first kappa shape index (κ1) is 18.9. The third kappa shape index (κ3) is 3.30. The first-order valence-electron chi connectivity index (χ1n) is 8.83. The Balaban J connectivity index is 1.64. The van der Waals surface area contributed by atoms with Gasteiger partial charge in [-0.15, -0.1) is 0 Å². The summed E-state index contributed by atoms with van der Waals surface area (Å²) in [6, 6.07) is 9.09. The molecule has 4 rings (SSSR count). The minimum Gasteiger partial charge on any atom is -0.501 e. The maximum atomic E-state index is 12.5. The first-order valence-corrected chi connectivity index (χ1v) is 8.83. The number of ether oxygens (including phenoxy) is 2. The molecule has 2 unspecified atom stereocenters. The van der Waals surface area contributed by atoms with E-state index in [4.69, 9.17) is 14.7 Å². The van der Waals surface area contributed by atoms with E-state index in [0.717, 1.165) is 10.1 Å². The summed E-state index contributed by atoms with van der Waals surface area (Å²) in [5.74, 6) is -2.00. The third-order valence-electron chi connectivity index (χ3n) is 4.97. The number of nitrogens with one attached hydrogen (secondary N) is 2. The molecule has 2 amide bonds. The lowest BCUT2D eigenvalue weighted by Gasteiger charge is -2.33. The van der Waals surface area contributed by atoms with Gasteiger partial charge in [0.2, 0.25) is 5.75 Å². The van der Waals surface area contributed by atoms with Crippen molar-refractivity contribution in [1.82, 2.24) is 20.3 Å². The third-order valence-corrected chi connectivity index (χ3v) is 4.97. The molecule has 3 heterocycles. The summed E-state index contributed by atoms with van der Waals surface area (Å²) in [6.07, 6.45) is -0.819. The lowest BCUT2D eigenvalue weighted by molar-refractivity contribution is 0.0695. The molecule has 29 heavy (non-hydrogen) atoms. The normalized spacial score (nSPS) is 21.9. The van der Waals surface area contributed by atoms with Gasteiger partial charge >= 0.3 is 6.09 Å². The molecule has 2 aromatic rings. The number of carbonyl (C=O) groups excluding carboxylic acids is 2. The molecule has 0 spiro atoms. The molecule has 2 atom stereocenters. The van der Waals surface area contributed by atoms with E-state index in [-0.39, 0.29) is 31.7 Å². The summed E-state index contributed by atoms with van der Waals surface area (Å²) in [6.45, 7) is 0.161. The van der Waals surface area contributed by atoms with E-state index in [1.54, 1.807) is 12.1 Å². The molecule has 2 aliphatic heterocycles. The Morgan fingerprint density at radius 3 is 2.83 bits per heavy atom. The van der Waals surface area contributed by atoms with Crippen LogP contribution in [0, 0.1) is 0 Å². The molecule has 11 nitrogen and oxygen atoms in total. The van der Waals surface area contributed by atoms with Gasteiger partial charge in [-0.2, -0.15) is 0 Å². The van der Waals surface area contributed by atoms with Crippen LogP contribution < -0.4 is 16.4 Å². The SMILES string of the molecule is O=C(NC12COC(Cn3c1nc(C(=O)NO)c(O)c3=O)C2)OCc1ccccc1. The molecule has 1 aromatic carbocycles. The zero-order chi connectivity index (χ0) is 20.6. The van der Waals surface area contributed by atoms with Crippen LogP contribution in [0.4, 0.5) is 4.79 Å². The zero-order valence-corrected chi connectivity index (χ0v) is 15.1. The smallest absolute Gasteiger partial charge is 0.408 e. The van der Waals surface area contributed by atoms with Crippen molar-refractivity contribution >= 4 is 12.0 Å². The van der Waals surface area contributed by atoms with Gasteiger partial charge in [-0.25, -0.2) is 15.3 Å². The highest BCUT2D eigenvalue weighted by atomic mass is 16.6. The quantitative estimate of drug-likeness (QED) is 0.412. The monoisotopic (exact) mass is 402 g/mol. The number of aromatic hydroxyl groups is 1. The van der Waals surface area contributed by atoms with Crippen molar-refractivity contribution in [2.75, 3.05) is 6.61 Å². The summed E-state index contributed by atoms with van der Waals surface area (Å²) in [7, 11) is 0. The van der Waals surface area contributed by atoms with Crippen molar-refractivity contribution in [3.8, 4) is 5.75 Å². The highest BCUT2D eigenvalue weighted by Gasteiger charge is 2.51. The maximum Gasteiger partial charge on any atom is 0.408 e. The van der Waals surface area contributed by atoms with Gasteiger partial charge in [0.05, 0.1) is 19.3 Å². The topological polar surface area (TPSA) is 152 Å². The molecule has 1 saturated heterocycles. The number of amides is 2. The average molecular weight is 402 g/mol. The van der Waals surface area contributed by atoms with Crippen molar-refractivity contribution in [2.45, 2.75) is 31.2 Å². The summed E-state index contributed by atoms with van der Waals surface area (Å²) >= 11 is 0. The predicted octanol–water partition coefficient (Wildman–Crippen LogP) is -0.00790. The second-order valence-corrected chi connectivity index (χ2v) is 6.90. The van der Waals surface area contributed by atoms with Crippen molar-refractivity contribution in [3.05, 3.63) is 57.8 Å². The van der Waals surface area contributed by atoms with Crippen LogP contribution in [0.1, 0.15) is 28.3 Å². The first-order chi connectivity index (χ1) is 13.9. The Labute approximate surface area is 163 Å². The van der Waals surface area contributed by atoms with Gasteiger partial charge in [0.25, 0.3) is 11.5 Å². The van der Waals surface area contributed by atoms with E-state index in [1.807, 2.05) is 18.2 Å². The van der Waals surface area contributed by atoms with Crippen LogP contribution in [0.2, 0.25) is 0 Å². The molecule has 0 aliphatic carbocycles. The number of benzene rings is 1. The molecule has 1 fully saturated rings. The largest absolute Gasteiger partial charge is 0.501 e. The number of hydroxylamine groups is 1. The van der Waals surface area contributed by atoms with Crippen LogP contribution in [0.15, 0.2) is 35.1 Å². The predicted molar refractivity (Wildman–Crippen MR) is 95.2 cm³/mol. The summed E-state index contributed by atoms with van der Waals surface area (Å²) in [4.78, 5) is 40.8. The number of hydrogen-bond donors (Lipinski definition) is 4. The van der Waals surface area contributed by atoms with E-state index >= 15 is 0 Å². The molecule has 4 N–H and O–H groups in total. The summed E-state index contributed by atoms with van der Waals surface area (Å²) in [5, 5.41) is 21.6. The van der Waals surface area contributed by atoms with Crippen LogP contribution in [0.5, 0.6) is 5.75 Å². The second kappa shape index (κ2) is 7.18. The standard InChI is InChI=1S/C18H18N4O7/c23-13-12(14(24)21-27)19-16-18(6-11(29-9-18)7-22(16)15(13)25)20-17(26)28-8-10-4-2-1-3-5-10/h1-5,11,23,27H,6-9H2,(H,20,26)(H,21,24). The minimum atomic E-state index is -1.21. The van der Waals surface area contributed by atoms with Gasteiger partial charge in [-0.3, -0.25) is 19.4 Å². The zero-order valence-electron chi connectivity index (χ0n) is 15.1. The van der Waals surface area contributed by atoms with Gasteiger partial charge < -0.3 is 19.9 Å². The van der Waals surface area contributed by atoms with Crippen molar-refractivity contribution in [3.63, 3.8) is 0 Å². The molecule has 2 bridgehead atoms. The van der Waals surface area contributed by atoms with Crippen LogP contribution in [0.3, 0.4) is 0 Å². The summed E-state index contributed by atoms with van der Waals surface area (Å²) in [5.41, 5.74) is -0.592. The Hall–Kier alpha value is -3.44. The molecular weight excluding hydrogens is 384 g/mol. The average Bonchev–Trinajstić information content (AvgIpc) is 3.07. The molecule has 1 aromatic heterocycles. The second-order valence-electron chi connectivity index (χ2n) is 6.90. The van der Waals surface area contributed by atoms with Gasteiger partial charge in [0.1, 0.15) is 18.0 Å². The number of rotatable bonds is 4. The lowest BCUT2D eigenvalue weighted by Crippen LogP contribution is -2.53. The molecule has 2 aliphatic rings. The van der Waals surface area contributed by atoms with Gasteiger partial charge in [-0.1, -0.05) is 30.3 Å². The lowest BCUT2D eigenvalue weighted by atomic mass is 9.91. The van der Waals surface area contributed by atoms with E-state index in [0.29, 0.717) is 6.42 Å². The summed E-state index contributed by atoms with van der Waals surface area (Å²) < 4.78 is 12.1. The number of fused-ring (bicyclic) bond motifs is 4. The fourth-order valence-corrected chi connectivity index (χ4v) is 3.63. The molecular formula is C18H18N4O7. The number of alkyl carbamates (subject to hydrolysis) is 1. The van der Waals surface area contributed by atoms with Crippen molar-refractivity contribution < 1.29 is 29.4 Å². The number of hydrogen-bond acceptors (Lipinski definition) is 8. The Morgan fingerprint density at radius 2 is 2.10 bits per heavy atom. The molecule has 0 saturated carbocycles. The Morgan fingerprint density at radius 1 is 1.34 bits per heavy atom. The van der Waals surface area contributed by atoms with Gasteiger partial charge in [0.15, 0.2) is 5.69 Å². The highest BCUT2D eigenvalue weighted by molar-refractivity contribution is 5.93. The highest BCUT2D eigenvalue weighted by Crippen LogP contribution is 2.38. The Kier molecular flexibility index (Phi) is 4.68. The van der Waals surface area contributed by atoms with Crippen LogP contribution in [0.25, 0.3) is 0 Å². The minimum absolute atomic E-state index is 0.00943. The van der Waals surface area contributed by atoms with Crippen LogP contribution in [-0.2, 0) is 28.2 Å². The molecule has 0 radical (unpaired) electrons. The maximum absolute atomic E-state index is 12.5. The van der Waals surface area contributed by atoms with Crippen molar-refractivity contribution in [2.24, 2.45) is 0 Å². The van der Waals surface area contributed by atoms with E-state index in [9.17, 15) is 19.5 Å². The fourth-order valence-electron chi connectivity index (χ4n) is 3.63. The Bertz CT molecular complexity index is 1020. The van der Waals surface area contributed by atoms with Crippen LogP contribution in [-0.4, -0.2) is 44.6 Å². The number of carbonyl (C=O) groups is 2. The van der Waals surface area contributed by atoms with E-state index in [2.05, 4.69) is 10.3 Å². The van der Waals surface area contributed by atoms with Crippen molar-refractivity contribution in [1.29, 1.82) is 0 Å². The van der Waals surface area contributed by atoms with Gasteiger partial charge in [-0.05, 0) is 5.56 Å². The molecule has 11 heteroatoms. The number of nitrogens with zero attached hydrogens (tertiary/aromatic N) is 2. The van der Waals surface area contributed by atoms with E-state index < -0.39 is 34.5 Å². The van der Waals surface area contributed by atoms with Gasteiger partial charge in [0, 0.05) is 6.42 Å². The van der Waals surface area contributed by atoms with E-state index in [1.165, 1.54) is 5.48 Å².